The molecule has 2 aromatic heterocycles. The number of methoxy groups -OCH3 is 1. The molecule has 0 bridgehead atoms. The number of anilines is 1. The predicted molar refractivity (Wildman–Crippen MR) is 109 cm³/mol. The zero-order valence-corrected chi connectivity index (χ0v) is 16.2. The minimum absolute atomic E-state index is 0.0847. The molecule has 0 unspecified atom stereocenters. The average Bonchev–Trinajstić information content (AvgIpc) is 3.28. The molecule has 7 heteroatoms. The number of fused-ring (bicyclic) bond motifs is 1. The van der Waals surface area contributed by atoms with Crippen LogP contribution in [0.15, 0.2) is 47.0 Å². The van der Waals surface area contributed by atoms with Crippen LogP contribution in [-0.2, 0) is 4.74 Å². The minimum atomic E-state index is -0.619. The van der Waals surface area contributed by atoms with Crippen molar-refractivity contribution < 1.29 is 13.9 Å². The number of nitrogens with zero attached hydrogens (tertiary/aromatic N) is 3. The van der Waals surface area contributed by atoms with Gasteiger partial charge in [0.25, 0.3) is 0 Å². The molecule has 7 nitrogen and oxygen atoms in total. The summed E-state index contributed by atoms with van der Waals surface area (Å²) in [6.45, 7) is 3.90. The number of aromatic nitrogens is 2. The lowest BCUT2D eigenvalue weighted by Gasteiger charge is -2.12. The van der Waals surface area contributed by atoms with E-state index < -0.39 is 5.97 Å². The van der Waals surface area contributed by atoms with Crippen LogP contribution in [-0.4, -0.2) is 22.6 Å². The average molecular weight is 386 g/mol. The lowest BCUT2D eigenvalue weighted by molar-refractivity contribution is 0.0593. The topological polar surface area (TPSA) is 107 Å². The molecule has 4 rings (SSSR count). The Hall–Kier alpha value is -4.05. The highest BCUT2D eigenvalue weighted by Crippen LogP contribution is 2.31. The minimum Gasteiger partial charge on any atom is -0.464 e. The summed E-state index contributed by atoms with van der Waals surface area (Å²) in [6.07, 6.45) is 1.53. The second kappa shape index (κ2) is 6.84. The Morgan fingerprint density at radius 1 is 1.24 bits per heavy atom. The Labute approximate surface area is 166 Å². The Balaban J connectivity index is 1.90. The first kappa shape index (κ1) is 18.3. The molecule has 144 valence electrons. The van der Waals surface area contributed by atoms with Gasteiger partial charge >= 0.3 is 5.97 Å². The molecule has 2 aromatic carbocycles. The van der Waals surface area contributed by atoms with Gasteiger partial charge in [0, 0.05) is 17.4 Å². The first-order valence-electron chi connectivity index (χ1n) is 8.90. The predicted octanol–water partition coefficient (Wildman–Crippen LogP) is 4.14. The van der Waals surface area contributed by atoms with Crippen molar-refractivity contribution in [2.24, 2.45) is 0 Å². The van der Waals surface area contributed by atoms with E-state index in [2.05, 4.69) is 4.98 Å². The zero-order valence-electron chi connectivity index (χ0n) is 16.2. The standard InChI is InChI=1S/C22H18N4O3/c1-12-4-7-18-16(8-12)25-21(29-18)14-6-5-13(2)17(9-14)26-11-15(10-23)19(24)20(26)22(27)28-3/h4-9,11H,24H2,1-3H3. The van der Waals surface area contributed by atoms with Crippen LogP contribution >= 0.6 is 0 Å². The number of hydrogen-bond donors (Lipinski definition) is 1. The van der Waals surface area contributed by atoms with Crippen LogP contribution in [0, 0.1) is 25.2 Å². The molecule has 29 heavy (non-hydrogen) atoms. The Morgan fingerprint density at radius 2 is 2.03 bits per heavy atom. The van der Waals surface area contributed by atoms with Gasteiger partial charge < -0.3 is 19.5 Å². The van der Waals surface area contributed by atoms with Crippen LogP contribution < -0.4 is 5.73 Å². The first-order valence-corrected chi connectivity index (χ1v) is 8.90. The first-order chi connectivity index (χ1) is 13.9. The molecular weight excluding hydrogens is 368 g/mol. The molecule has 0 atom stereocenters. The van der Waals surface area contributed by atoms with Gasteiger partial charge in [-0.05, 0) is 49.2 Å². The number of benzene rings is 2. The molecule has 0 spiro atoms. The summed E-state index contributed by atoms with van der Waals surface area (Å²) in [5.74, 6) is -0.154. The third-order valence-electron chi connectivity index (χ3n) is 4.80. The normalized spacial score (nSPS) is 10.8. The third-order valence-corrected chi connectivity index (χ3v) is 4.80. The van der Waals surface area contributed by atoms with Gasteiger partial charge in [-0.15, -0.1) is 0 Å². The number of rotatable bonds is 3. The summed E-state index contributed by atoms with van der Waals surface area (Å²) in [6, 6.07) is 13.5. The zero-order chi connectivity index (χ0) is 20.7. The number of carbonyl (C=O) groups excluding carboxylic acids is 1. The lowest BCUT2D eigenvalue weighted by Crippen LogP contribution is -2.11. The molecule has 0 aliphatic rings. The highest BCUT2D eigenvalue weighted by atomic mass is 16.5. The summed E-state index contributed by atoms with van der Waals surface area (Å²) in [5.41, 5.74) is 11.3. The van der Waals surface area contributed by atoms with E-state index >= 15 is 0 Å². The van der Waals surface area contributed by atoms with E-state index in [-0.39, 0.29) is 16.9 Å². The maximum absolute atomic E-state index is 12.3. The van der Waals surface area contributed by atoms with Crippen molar-refractivity contribution in [3.63, 3.8) is 0 Å². The summed E-state index contributed by atoms with van der Waals surface area (Å²) in [4.78, 5) is 16.9. The number of nitrogens with two attached hydrogens (primary N) is 1. The molecule has 2 N–H and O–H groups in total. The maximum atomic E-state index is 12.3. The van der Waals surface area contributed by atoms with Gasteiger partial charge in [0.05, 0.1) is 18.4 Å². The number of nitrogen functional groups attached to an aromatic ring is 1. The molecular formula is C22H18N4O3. The number of esters is 1. The van der Waals surface area contributed by atoms with Gasteiger partial charge in [-0.2, -0.15) is 5.26 Å². The van der Waals surface area contributed by atoms with E-state index in [1.807, 2.05) is 56.3 Å². The van der Waals surface area contributed by atoms with Crippen molar-refractivity contribution in [3.8, 4) is 23.2 Å². The Kier molecular flexibility index (Phi) is 4.32. The van der Waals surface area contributed by atoms with Gasteiger partial charge in [0.2, 0.25) is 5.89 Å². The fourth-order valence-corrected chi connectivity index (χ4v) is 3.27. The largest absolute Gasteiger partial charge is 0.464 e. The van der Waals surface area contributed by atoms with Gasteiger partial charge in [0.1, 0.15) is 11.6 Å². The third kappa shape index (κ3) is 3.01. The number of nitriles is 1. The van der Waals surface area contributed by atoms with Crippen molar-refractivity contribution in [1.29, 1.82) is 5.26 Å². The van der Waals surface area contributed by atoms with Crippen LogP contribution in [0.2, 0.25) is 0 Å². The molecule has 0 saturated heterocycles. The van der Waals surface area contributed by atoms with Gasteiger partial charge in [-0.1, -0.05) is 12.1 Å². The molecule has 4 aromatic rings. The van der Waals surface area contributed by atoms with E-state index in [1.165, 1.54) is 13.3 Å². The van der Waals surface area contributed by atoms with E-state index in [4.69, 9.17) is 14.9 Å². The van der Waals surface area contributed by atoms with E-state index in [9.17, 15) is 10.1 Å². The van der Waals surface area contributed by atoms with Crippen LogP contribution in [0.4, 0.5) is 5.69 Å². The number of carbonyl (C=O) groups is 1. The fourth-order valence-electron chi connectivity index (χ4n) is 3.27. The van der Waals surface area contributed by atoms with E-state index in [0.29, 0.717) is 17.2 Å². The summed E-state index contributed by atoms with van der Waals surface area (Å²) in [5, 5.41) is 9.34. The smallest absolute Gasteiger partial charge is 0.357 e. The highest BCUT2D eigenvalue weighted by Gasteiger charge is 2.23. The SMILES string of the molecule is COC(=O)c1c(N)c(C#N)cn1-c1cc(-c2nc3cc(C)ccc3o2)ccc1C. The summed E-state index contributed by atoms with van der Waals surface area (Å²) >= 11 is 0. The molecule has 0 radical (unpaired) electrons. The monoisotopic (exact) mass is 386 g/mol. The van der Waals surface area contributed by atoms with Crippen LogP contribution in [0.5, 0.6) is 0 Å². The lowest BCUT2D eigenvalue weighted by atomic mass is 10.1. The van der Waals surface area contributed by atoms with Gasteiger partial charge in [-0.3, -0.25) is 0 Å². The molecule has 0 fully saturated rings. The molecule has 0 aliphatic carbocycles. The van der Waals surface area contributed by atoms with Crippen molar-refractivity contribution in [2.45, 2.75) is 13.8 Å². The quantitative estimate of drug-likeness (QED) is 0.530. The second-order valence-electron chi connectivity index (χ2n) is 6.77. The van der Waals surface area contributed by atoms with Gasteiger partial charge in [-0.25, -0.2) is 9.78 Å². The van der Waals surface area contributed by atoms with Crippen LogP contribution in [0.3, 0.4) is 0 Å². The number of aryl methyl sites for hydroxylation is 2. The van der Waals surface area contributed by atoms with E-state index in [0.717, 1.165) is 22.2 Å². The number of oxazole rings is 1. The van der Waals surface area contributed by atoms with Crippen molar-refractivity contribution in [3.05, 3.63) is 65.0 Å². The summed E-state index contributed by atoms with van der Waals surface area (Å²) < 4.78 is 12.3. The van der Waals surface area contributed by atoms with Crippen LogP contribution in [0.1, 0.15) is 27.2 Å². The maximum Gasteiger partial charge on any atom is 0.357 e. The molecule has 0 saturated carbocycles. The number of hydrogen-bond acceptors (Lipinski definition) is 6. The Morgan fingerprint density at radius 3 is 2.76 bits per heavy atom. The molecule has 2 heterocycles. The molecule has 0 aliphatic heterocycles. The Bertz CT molecular complexity index is 1310. The van der Waals surface area contributed by atoms with Crippen molar-refractivity contribution in [2.75, 3.05) is 12.8 Å². The van der Waals surface area contributed by atoms with Crippen LogP contribution in [0.25, 0.3) is 28.2 Å². The van der Waals surface area contributed by atoms with Crippen molar-refractivity contribution >= 4 is 22.8 Å². The van der Waals surface area contributed by atoms with Crippen molar-refractivity contribution in [1.82, 2.24) is 9.55 Å². The van der Waals surface area contributed by atoms with E-state index in [1.54, 1.807) is 4.57 Å². The highest BCUT2D eigenvalue weighted by molar-refractivity contribution is 5.96. The molecule has 0 amide bonds. The van der Waals surface area contributed by atoms with Gasteiger partial charge in [0.15, 0.2) is 11.3 Å². The number of ether oxygens (including phenoxy) is 1. The fraction of sp³-hybridized carbons (Fsp3) is 0.136. The second-order valence-corrected chi connectivity index (χ2v) is 6.77. The summed E-state index contributed by atoms with van der Waals surface area (Å²) in [7, 11) is 1.27.